The minimum atomic E-state index is -0.338. The van der Waals surface area contributed by atoms with Gasteiger partial charge >= 0.3 is 5.97 Å². The molecule has 3 nitrogen and oxygen atoms in total. The van der Waals surface area contributed by atoms with E-state index in [1.807, 2.05) is 18.2 Å². The lowest BCUT2D eigenvalue weighted by Gasteiger charge is -2.19. The quantitative estimate of drug-likeness (QED) is 0.602. The average Bonchev–Trinajstić information content (AvgIpc) is 2.34. The highest BCUT2D eigenvalue weighted by atomic mass is 16.5. The number of benzene rings is 1. The number of hydrogen-bond donors (Lipinski definition) is 0. The van der Waals surface area contributed by atoms with Crippen molar-refractivity contribution in [3.63, 3.8) is 0 Å². The van der Waals surface area contributed by atoms with Gasteiger partial charge in [0.2, 0.25) is 0 Å². The molecule has 1 aromatic carbocycles. The van der Waals surface area contributed by atoms with Gasteiger partial charge in [-0.25, -0.2) is 4.79 Å². The summed E-state index contributed by atoms with van der Waals surface area (Å²) in [6, 6.07) is 8.00. The Bertz CT molecular complexity index is 442. The number of ether oxygens (including phenoxy) is 2. The maximum Gasteiger partial charge on any atom is 0.330 e. The van der Waals surface area contributed by atoms with Crippen molar-refractivity contribution in [2.24, 2.45) is 0 Å². The Kier molecular flexibility index (Phi) is 5.61. The third-order valence-corrected chi connectivity index (χ3v) is 2.59. The second-order valence-corrected chi connectivity index (χ2v) is 5.24. The van der Waals surface area contributed by atoms with Gasteiger partial charge in [-0.3, -0.25) is 0 Å². The maximum absolute atomic E-state index is 11.1. The first-order valence-corrected chi connectivity index (χ1v) is 6.50. The molecule has 0 heterocycles. The number of esters is 1. The summed E-state index contributed by atoms with van der Waals surface area (Å²) in [5.41, 5.74) is 1.32. The topological polar surface area (TPSA) is 35.5 Å². The summed E-state index contributed by atoms with van der Waals surface area (Å²) in [6.07, 6.45) is 3.04. The van der Waals surface area contributed by atoms with Crippen LogP contribution in [0, 0.1) is 0 Å². The summed E-state index contributed by atoms with van der Waals surface area (Å²) in [5.74, 6) is 0.468. The molecule has 1 rings (SSSR count). The first-order chi connectivity index (χ1) is 8.93. The van der Waals surface area contributed by atoms with Crippen molar-refractivity contribution < 1.29 is 14.3 Å². The molecule has 0 saturated carbocycles. The van der Waals surface area contributed by atoms with Gasteiger partial charge in [-0.15, -0.1) is 0 Å². The van der Waals surface area contributed by atoms with Gasteiger partial charge in [-0.1, -0.05) is 32.9 Å². The zero-order chi connectivity index (χ0) is 14.3. The smallest absolute Gasteiger partial charge is 0.330 e. The van der Waals surface area contributed by atoms with E-state index < -0.39 is 0 Å². The third kappa shape index (κ3) is 5.60. The van der Waals surface area contributed by atoms with Crippen molar-refractivity contribution in [1.82, 2.24) is 0 Å². The summed E-state index contributed by atoms with van der Waals surface area (Å²) < 4.78 is 10.4. The monoisotopic (exact) mass is 262 g/mol. The number of carbonyl (C=O) groups is 1. The van der Waals surface area contributed by atoms with Crippen molar-refractivity contribution >= 4 is 5.97 Å². The van der Waals surface area contributed by atoms with Crippen LogP contribution in [0.5, 0.6) is 5.75 Å². The molecular formula is C16H22O3. The van der Waals surface area contributed by atoms with Gasteiger partial charge in [-0.2, -0.15) is 0 Å². The largest absolute Gasteiger partial charge is 0.490 e. The van der Waals surface area contributed by atoms with Crippen LogP contribution in [0.1, 0.15) is 33.3 Å². The van der Waals surface area contributed by atoms with E-state index in [1.165, 1.54) is 11.6 Å². The highest BCUT2D eigenvalue weighted by molar-refractivity contribution is 5.81. The second-order valence-electron chi connectivity index (χ2n) is 5.24. The van der Waals surface area contributed by atoms with Crippen LogP contribution in [-0.2, 0) is 14.9 Å². The molecule has 0 spiro atoms. The van der Waals surface area contributed by atoms with E-state index in [4.69, 9.17) is 9.47 Å². The number of rotatable bonds is 5. The molecule has 0 atom stereocenters. The predicted molar refractivity (Wildman–Crippen MR) is 76.4 cm³/mol. The Morgan fingerprint density at radius 1 is 1.32 bits per heavy atom. The lowest BCUT2D eigenvalue weighted by molar-refractivity contribution is -0.137. The van der Waals surface area contributed by atoms with Crippen molar-refractivity contribution in [3.05, 3.63) is 42.0 Å². The van der Waals surface area contributed by atoms with Gasteiger partial charge in [0.15, 0.2) is 0 Å². The van der Waals surface area contributed by atoms with Crippen molar-refractivity contribution in [3.8, 4) is 5.75 Å². The molecule has 0 aliphatic rings. The Hall–Kier alpha value is -1.77. The van der Waals surface area contributed by atoms with Gasteiger partial charge in [0.05, 0.1) is 6.61 Å². The van der Waals surface area contributed by atoms with E-state index in [2.05, 4.69) is 26.8 Å². The van der Waals surface area contributed by atoms with Gasteiger partial charge in [0.25, 0.3) is 0 Å². The molecule has 0 aromatic heterocycles. The van der Waals surface area contributed by atoms with Crippen LogP contribution >= 0.6 is 0 Å². The molecule has 19 heavy (non-hydrogen) atoms. The molecule has 0 N–H and O–H groups in total. The van der Waals surface area contributed by atoms with Gasteiger partial charge < -0.3 is 9.47 Å². The van der Waals surface area contributed by atoms with Crippen LogP contribution in [0.15, 0.2) is 36.4 Å². The highest BCUT2D eigenvalue weighted by Crippen LogP contribution is 2.25. The molecule has 0 radical (unpaired) electrons. The average molecular weight is 262 g/mol. The molecule has 0 aliphatic heterocycles. The summed E-state index contributed by atoms with van der Waals surface area (Å²) in [4.78, 5) is 11.1. The van der Waals surface area contributed by atoms with E-state index in [0.717, 1.165) is 5.75 Å². The summed E-state index contributed by atoms with van der Waals surface area (Å²) in [6.45, 7) is 9.00. The van der Waals surface area contributed by atoms with Crippen molar-refractivity contribution in [2.75, 3.05) is 13.2 Å². The molecule has 1 aromatic rings. The van der Waals surface area contributed by atoms with E-state index in [1.54, 1.807) is 13.0 Å². The molecule has 0 saturated heterocycles. The zero-order valence-corrected chi connectivity index (χ0v) is 12.1. The summed E-state index contributed by atoms with van der Waals surface area (Å²) in [7, 11) is 0. The normalized spacial score (nSPS) is 11.6. The first-order valence-electron chi connectivity index (χ1n) is 6.50. The van der Waals surface area contributed by atoms with Crippen LogP contribution in [0.2, 0.25) is 0 Å². The Morgan fingerprint density at radius 3 is 2.68 bits per heavy atom. The van der Waals surface area contributed by atoms with Crippen LogP contribution in [0.3, 0.4) is 0 Å². The number of carbonyl (C=O) groups excluding carboxylic acids is 1. The standard InChI is InChI=1S/C16H22O3/c1-5-18-15(17)10-7-11-19-14-9-6-8-13(12-14)16(2,3)4/h6-10,12H,5,11H2,1-4H3/b10-7+. The molecule has 0 fully saturated rings. The highest BCUT2D eigenvalue weighted by Gasteiger charge is 2.13. The molecule has 0 aliphatic carbocycles. The van der Waals surface area contributed by atoms with Crippen molar-refractivity contribution in [1.29, 1.82) is 0 Å². The maximum atomic E-state index is 11.1. The zero-order valence-electron chi connectivity index (χ0n) is 12.1. The molecule has 3 heteroatoms. The third-order valence-electron chi connectivity index (χ3n) is 2.59. The Morgan fingerprint density at radius 2 is 2.05 bits per heavy atom. The molecule has 0 amide bonds. The first kappa shape index (κ1) is 15.3. The fourth-order valence-electron chi connectivity index (χ4n) is 1.53. The SMILES string of the molecule is CCOC(=O)/C=C/COc1cccc(C(C)(C)C)c1. The molecule has 0 unspecified atom stereocenters. The lowest BCUT2D eigenvalue weighted by atomic mass is 9.87. The predicted octanol–water partition coefficient (Wildman–Crippen LogP) is 3.48. The molecular weight excluding hydrogens is 240 g/mol. The van der Waals surface area contributed by atoms with E-state index in [9.17, 15) is 4.79 Å². The van der Waals surface area contributed by atoms with E-state index in [0.29, 0.717) is 13.2 Å². The van der Waals surface area contributed by atoms with Gasteiger partial charge in [-0.05, 0) is 36.1 Å². The minimum absolute atomic E-state index is 0.0974. The summed E-state index contributed by atoms with van der Waals surface area (Å²) in [5, 5.41) is 0. The van der Waals surface area contributed by atoms with Crippen LogP contribution in [0.4, 0.5) is 0 Å². The lowest BCUT2D eigenvalue weighted by Crippen LogP contribution is -2.11. The van der Waals surface area contributed by atoms with Crippen LogP contribution in [0.25, 0.3) is 0 Å². The Balaban J connectivity index is 2.52. The fraction of sp³-hybridized carbons (Fsp3) is 0.438. The van der Waals surface area contributed by atoms with Crippen LogP contribution in [-0.4, -0.2) is 19.2 Å². The molecule has 0 bridgehead atoms. The van der Waals surface area contributed by atoms with E-state index in [-0.39, 0.29) is 11.4 Å². The van der Waals surface area contributed by atoms with Crippen molar-refractivity contribution in [2.45, 2.75) is 33.1 Å². The second kappa shape index (κ2) is 6.98. The fourth-order valence-corrected chi connectivity index (χ4v) is 1.53. The van der Waals surface area contributed by atoms with E-state index >= 15 is 0 Å². The van der Waals surface area contributed by atoms with Gasteiger partial charge in [0.1, 0.15) is 12.4 Å². The number of hydrogen-bond acceptors (Lipinski definition) is 3. The minimum Gasteiger partial charge on any atom is -0.490 e. The Labute approximate surface area is 115 Å². The summed E-state index contributed by atoms with van der Waals surface area (Å²) >= 11 is 0. The van der Waals surface area contributed by atoms with Gasteiger partial charge in [0, 0.05) is 6.08 Å². The van der Waals surface area contributed by atoms with Crippen LogP contribution < -0.4 is 4.74 Å². The molecule has 104 valence electrons.